The summed E-state index contributed by atoms with van der Waals surface area (Å²) in [7, 11) is 0. The van der Waals surface area contributed by atoms with Crippen molar-refractivity contribution in [3.8, 4) is 5.75 Å². The van der Waals surface area contributed by atoms with E-state index >= 15 is 0 Å². The summed E-state index contributed by atoms with van der Waals surface area (Å²) in [4.78, 5) is 14.2. The van der Waals surface area contributed by atoms with Crippen molar-refractivity contribution in [2.45, 2.75) is 31.8 Å². The molecule has 5 heteroatoms. The molecule has 0 aromatic heterocycles. The summed E-state index contributed by atoms with van der Waals surface area (Å²) in [6, 6.07) is 13.9. The molecule has 0 aliphatic carbocycles. The molecule has 1 fully saturated rings. The van der Waals surface area contributed by atoms with Gasteiger partial charge in [-0.25, -0.2) is 4.39 Å². The average Bonchev–Trinajstić information content (AvgIpc) is 2.65. The van der Waals surface area contributed by atoms with Crippen molar-refractivity contribution in [1.29, 1.82) is 0 Å². The van der Waals surface area contributed by atoms with Crippen molar-refractivity contribution in [1.82, 2.24) is 4.90 Å². The maximum Gasteiger partial charge on any atom is 0.226 e. The molecule has 26 heavy (non-hydrogen) atoms. The molecule has 2 N–H and O–H groups in total. The van der Waals surface area contributed by atoms with Crippen LogP contribution in [0.25, 0.3) is 0 Å². The molecule has 1 heterocycles. The van der Waals surface area contributed by atoms with Crippen molar-refractivity contribution >= 4 is 5.91 Å². The maximum absolute atomic E-state index is 13.4. The lowest BCUT2D eigenvalue weighted by molar-refractivity contribution is -0.132. The topological polar surface area (TPSA) is 60.8 Å². The van der Waals surface area contributed by atoms with Crippen LogP contribution in [0.4, 0.5) is 4.39 Å². The van der Waals surface area contributed by atoms with Crippen molar-refractivity contribution < 1.29 is 19.4 Å². The van der Waals surface area contributed by atoms with E-state index in [1.165, 1.54) is 12.1 Å². The van der Waals surface area contributed by atoms with Gasteiger partial charge < -0.3 is 15.1 Å². The summed E-state index contributed by atoms with van der Waals surface area (Å²) in [6.45, 7) is 1.21. The number of aliphatic hydroxyl groups excluding tert-OH is 1. The van der Waals surface area contributed by atoms with Crippen LogP contribution in [0.3, 0.4) is 0 Å². The predicted octanol–water partition coefficient (Wildman–Crippen LogP) is 2.92. The molecule has 4 nitrogen and oxygen atoms in total. The molecule has 0 radical (unpaired) electrons. The quantitative estimate of drug-likeness (QED) is 0.865. The van der Waals surface area contributed by atoms with Crippen LogP contribution in [-0.4, -0.2) is 40.2 Å². The van der Waals surface area contributed by atoms with E-state index in [4.69, 9.17) is 0 Å². The number of rotatable bonds is 5. The first kappa shape index (κ1) is 18.4. The third kappa shape index (κ3) is 4.61. The number of nitrogens with zero attached hydrogens (tertiary/aromatic N) is 1. The number of amides is 1. The van der Waals surface area contributed by atoms with Crippen LogP contribution in [-0.2, 0) is 17.6 Å². The van der Waals surface area contributed by atoms with E-state index in [1.54, 1.807) is 11.0 Å². The highest BCUT2D eigenvalue weighted by molar-refractivity contribution is 5.78. The molecule has 0 saturated carbocycles. The number of carbonyl (C=O) groups is 1. The summed E-state index contributed by atoms with van der Waals surface area (Å²) in [6.07, 6.45) is 1.88. The Morgan fingerprint density at radius 1 is 1.12 bits per heavy atom. The van der Waals surface area contributed by atoms with Gasteiger partial charge in [0.2, 0.25) is 5.91 Å². The van der Waals surface area contributed by atoms with Crippen molar-refractivity contribution in [3.63, 3.8) is 0 Å². The van der Waals surface area contributed by atoms with Crippen LogP contribution in [0.2, 0.25) is 0 Å². The molecule has 3 rings (SSSR count). The number of aromatic hydroxyl groups is 1. The molecule has 0 spiro atoms. The Hall–Kier alpha value is -2.40. The molecule has 1 saturated heterocycles. The number of carbonyl (C=O) groups excluding carboxylic acids is 1. The molecule has 1 aliphatic rings. The summed E-state index contributed by atoms with van der Waals surface area (Å²) in [5.41, 5.74) is 1.67. The largest absolute Gasteiger partial charge is 0.505 e. The van der Waals surface area contributed by atoms with Gasteiger partial charge in [-0.05, 0) is 48.4 Å². The molecule has 138 valence electrons. The SMILES string of the molecule is O=C(Cc1ccc(O)c(F)c1)N1CCC([C@@H](O)Cc2ccccc2)CC1. The normalized spacial score (nSPS) is 16.5. The van der Waals surface area contributed by atoms with E-state index in [9.17, 15) is 19.4 Å². The first-order valence-corrected chi connectivity index (χ1v) is 9.00. The number of benzene rings is 2. The fourth-order valence-corrected chi connectivity index (χ4v) is 3.50. The molecule has 0 unspecified atom stereocenters. The van der Waals surface area contributed by atoms with Crippen molar-refractivity contribution in [2.75, 3.05) is 13.1 Å². The predicted molar refractivity (Wildman–Crippen MR) is 97.2 cm³/mol. The minimum atomic E-state index is -0.710. The number of piperidine rings is 1. The van der Waals surface area contributed by atoms with Gasteiger partial charge >= 0.3 is 0 Å². The number of likely N-dealkylation sites (tertiary alicyclic amines) is 1. The minimum absolute atomic E-state index is 0.0499. The monoisotopic (exact) mass is 357 g/mol. The van der Waals surface area contributed by atoms with Crippen molar-refractivity contribution in [3.05, 3.63) is 65.5 Å². The summed E-state index contributed by atoms with van der Waals surface area (Å²) in [5.74, 6) is -0.982. The van der Waals surface area contributed by atoms with Gasteiger partial charge in [0.1, 0.15) is 0 Å². The van der Waals surface area contributed by atoms with Gasteiger partial charge in [-0.1, -0.05) is 36.4 Å². The number of hydrogen-bond acceptors (Lipinski definition) is 3. The first-order valence-electron chi connectivity index (χ1n) is 9.00. The highest BCUT2D eigenvalue weighted by atomic mass is 19.1. The molecular weight excluding hydrogens is 333 g/mol. The Balaban J connectivity index is 1.49. The lowest BCUT2D eigenvalue weighted by Crippen LogP contribution is -2.42. The molecule has 2 aromatic carbocycles. The maximum atomic E-state index is 13.4. The lowest BCUT2D eigenvalue weighted by atomic mass is 9.88. The molecule has 0 bridgehead atoms. The number of hydrogen-bond donors (Lipinski definition) is 2. The third-order valence-electron chi connectivity index (χ3n) is 5.09. The molecule has 2 aromatic rings. The van der Waals surface area contributed by atoms with E-state index in [2.05, 4.69) is 0 Å². The van der Waals surface area contributed by atoms with E-state index in [-0.39, 0.29) is 18.2 Å². The van der Waals surface area contributed by atoms with E-state index in [1.807, 2.05) is 30.3 Å². The zero-order valence-electron chi connectivity index (χ0n) is 14.6. The Morgan fingerprint density at radius 3 is 2.46 bits per heavy atom. The summed E-state index contributed by atoms with van der Waals surface area (Å²) < 4.78 is 13.4. The minimum Gasteiger partial charge on any atom is -0.505 e. The highest BCUT2D eigenvalue weighted by Crippen LogP contribution is 2.24. The van der Waals surface area contributed by atoms with Gasteiger partial charge in [0, 0.05) is 13.1 Å². The smallest absolute Gasteiger partial charge is 0.226 e. The van der Waals surface area contributed by atoms with Crippen LogP contribution >= 0.6 is 0 Å². The van der Waals surface area contributed by atoms with Gasteiger partial charge in [-0.2, -0.15) is 0 Å². The highest BCUT2D eigenvalue weighted by Gasteiger charge is 2.27. The Morgan fingerprint density at radius 2 is 1.81 bits per heavy atom. The van der Waals surface area contributed by atoms with Gasteiger partial charge in [0.05, 0.1) is 12.5 Å². The first-order chi connectivity index (χ1) is 12.5. The second kappa shape index (κ2) is 8.32. The van der Waals surface area contributed by atoms with E-state index in [0.29, 0.717) is 25.1 Å². The van der Waals surface area contributed by atoms with Crippen molar-refractivity contribution in [2.24, 2.45) is 5.92 Å². The van der Waals surface area contributed by atoms with Crippen LogP contribution in [0.5, 0.6) is 5.75 Å². The number of phenolic OH excluding ortho intramolecular Hbond substituents is 1. The van der Waals surface area contributed by atoms with Crippen LogP contribution in [0, 0.1) is 11.7 Å². The summed E-state index contributed by atoms with van der Waals surface area (Å²) in [5, 5.41) is 19.7. The fraction of sp³-hybridized carbons (Fsp3) is 0.381. The lowest BCUT2D eigenvalue weighted by Gasteiger charge is -2.34. The van der Waals surface area contributed by atoms with Crippen LogP contribution in [0.1, 0.15) is 24.0 Å². The Kier molecular flexibility index (Phi) is 5.89. The van der Waals surface area contributed by atoms with Gasteiger partial charge in [0.15, 0.2) is 11.6 Å². The molecular formula is C21H24FNO3. The van der Waals surface area contributed by atoms with E-state index < -0.39 is 17.7 Å². The standard InChI is InChI=1S/C21H24FNO3/c22-18-12-16(6-7-19(18)24)14-21(26)23-10-8-17(9-11-23)20(25)13-15-4-2-1-3-5-15/h1-7,12,17,20,24-25H,8-11,13-14H2/t20-/m0/s1. The average molecular weight is 357 g/mol. The van der Waals surface area contributed by atoms with Gasteiger partial charge in [0.25, 0.3) is 0 Å². The second-order valence-electron chi connectivity index (χ2n) is 6.94. The number of aliphatic hydroxyl groups is 1. The molecule has 1 amide bonds. The van der Waals surface area contributed by atoms with Gasteiger partial charge in [-0.15, -0.1) is 0 Å². The zero-order chi connectivity index (χ0) is 18.5. The third-order valence-corrected chi connectivity index (χ3v) is 5.09. The molecule has 1 atom stereocenters. The van der Waals surface area contributed by atoms with Crippen LogP contribution < -0.4 is 0 Å². The molecule has 1 aliphatic heterocycles. The number of phenols is 1. The second-order valence-corrected chi connectivity index (χ2v) is 6.94. The Bertz CT molecular complexity index is 742. The van der Waals surface area contributed by atoms with Gasteiger partial charge in [-0.3, -0.25) is 4.79 Å². The number of halogens is 1. The summed E-state index contributed by atoms with van der Waals surface area (Å²) >= 11 is 0. The van der Waals surface area contributed by atoms with E-state index in [0.717, 1.165) is 18.4 Å². The Labute approximate surface area is 152 Å². The fourth-order valence-electron chi connectivity index (χ4n) is 3.50. The zero-order valence-corrected chi connectivity index (χ0v) is 14.6. The van der Waals surface area contributed by atoms with Crippen LogP contribution in [0.15, 0.2) is 48.5 Å².